The Hall–Kier alpha value is -1.56. The molecule has 4 nitrogen and oxygen atoms in total. The van der Waals surface area contributed by atoms with Crippen LogP contribution < -0.4 is 4.74 Å². The largest absolute Gasteiger partial charge is 0.496 e. The normalized spacial score (nSPS) is 11.7. The van der Waals surface area contributed by atoms with Crippen molar-refractivity contribution in [3.05, 3.63) is 58.1 Å². The second kappa shape index (κ2) is 6.91. The van der Waals surface area contributed by atoms with Crippen LogP contribution in [0, 0.1) is 13.8 Å². The molecule has 0 amide bonds. The molecule has 0 spiro atoms. The van der Waals surface area contributed by atoms with E-state index in [0.717, 1.165) is 11.1 Å². The third-order valence-corrected chi connectivity index (χ3v) is 6.11. The lowest BCUT2D eigenvalue weighted by Gasteiger charge is -2.20. The van der Waals surface area contributed by atoms with Crippen molar-refractivity contribution in [1.29, 1.82) is 0 Å². The molecule has 0 saturated heterocycles. The number of sulfonamides is 1. The van der Waals surface area contributed by atoms with E-state index in [1.165, 1.54) is 4.31 Å². The van der Waals surface area contributed by atoms with Crippen molar-refractivity contribution in [1.82, 2.24) is 4.31 Å². The van der Waals surface area contributed by atoms with Crippen molar-refractivity contribution in [3.8, 4) is 5.75 Å². The lowest BCUT2D eigenvalue weighted by atomic mass is 10.1. The number of methoxy groups -OCH3 is 1. The average molecular weight is 354 g/mol. The average Bonchev–Trinajstić information content (AvgIpc) is 2.51. The number of hydrogen-bond acceptors (Lipinski definition) is 3. The van der Waals surface area contributed by atoms with Crippen molar-refractivity contribution in [2.24, 2.45) is 0 Å². The van der Waals surface area contributed by atoms with Gasteiger partial charge >= 0.3 is 0 Å². The van der Waals surface area contributed by atoms with E-state index in [4.69, 9.17) is 16.3 Å². The Bertz CT molecular complexity index is 801. The first-order valence-electron chi connectivity index (χ1n) is 7.12. The van der Waals surface area contributed by atoms with Gasteiger partial charge < -0.3 is 4.74 Å². The molecule has 2 rings (SSSR count). The summed E-state index contributed by atoms with van der Waals surface area (Å²) in [6.45, 7) is 3.93. The van der Waals surface area contributed by atoms with Crippen molar-refractivity contribution in [2.45, 2.75) is 25.3 Å². The van der Waals surface area contributed by atoms with E-state index >= 15 is 0 Å². The van der Waals surface area contributed by atoms with Crippen LogP contribution in [0.4, 0.5) is 0 Å². The van der Waals surface area contributed by atoms with Gasteiger partial charge in [0.2, 0.25) is 10.0 Å². The molecule has 0 aliphatic rings. The van der Waals surface area contributed by atoms with E-state index in [1.54, 1.807) is 45.3 Å². The first kappa shape index (κ1) is 17.8. The van der Waals surface area contributed by atoms with Gasteiger partial charge in [-0.05, 0) is 54.8 Å². The molecule has 23 heavy (non-hydrogen) atoms. The number of benzene rings is 2. The van der Waals surface area contributed by atoms with Crippen LogP contribution in [0.15, 0.2) is 41.3 Å². The highest BCUT2D eigenvalue weighted by molar-refractivity contribution is 7.89. The maximum Gasteiger partial charge on any atom is 0.243 e. The second-order valence-corrected chi connectivity index (χ2v) is 7.85. The van der Waals surface area contributed by atoms with E-state index in [0.29, 0.717) is 21.2 Å². The number of hydrogen-bond donors (Lipinski definition) is 0. The van der Waals surface area contributed by atoms with Crippen LogP contribution in [0.25, 0.3) is 0 Å². The van der Waals surface area contributed by atoms with E-state index in [9.17, 15) is 8.42 Å². The lowest BCUT2D eigenvalue weighted by molar-refractivity contribution is 0.410. The number of rotatable bonds is 5. The SMILES string of the molecule is COc1ccc(S(=O)(=O)N(C)Cc2ccc(Cl)cc2)c(C)c1C. The quantitative estimate of drug-likeness (QED) is 0.821. The number of halogens is 1. The first-order valence-corrected chi connectivity index (χ1v) is 8.94. The Morgan fingerprint density at radius 3 is 2.22 bits per heavy atom. The van der Waals surface area contributed by atoms with E-state index < -0.39 is 10.0 Å². The van der Waals surface area contributed by atoms with Gasteiger partial charge in [-0.25, -0.2) is 8.42 Å². The first-order chi connectivity index (χ1) is 10.8. The molecule has 0 heterocycles. The molecular formula is C17H20ClNO3S. The molecular weight excluding hydrogens is 334 g/mol. The molecule has 0 aliphatic heterocycles. The third-order valence-electron chi connectivity index (χ3n) is 3.91. The highest BCUT2D eigenvalue weighted by atomic mass is 35.5. The van der Waals surface area contributed by atoms with Gasteiger partial charge in [0.05, 0.1) is 12.0 Å². The summed E-state index contributed by atoms with van der Waals surface area (Å²) in [6, 6.07) is 10.4. The maximum absolute atomic E-state index is 12.8. The van der Waals surface area contributed by atoms with Gasteiger partial charge in [0, 0.05) is 18.6 Å². The summed E-state index contributed by atoms with van der Waals surface area (Å²) in [6.07, 6.45) is 0. The zero-order chi connectivity index (χ0) is 17.2. The molecule has 0 fully saturated rings. The Morgan fingerprint density at radius 1 is 1.04 bits per heavy atom. The molecule has 2 aromatic rings. The highest BCUT2D eigenvalue weighted by Gasteiger charge is 2.24. The molecule has 0 N–H and O–H groups in total. The van der Waals surface area contributed by atoms with Gasteiger partial charge in [-0.15, -0.1) is 0 Å². The van der Waals surface area contributed by atoms with Crippen LogP contribution in [0.2, 0.25) is 5.02 Å². The minimum atomic E-state index is -3.58. The molecule has 0 unspecified atom stereocenters. The molecule has 0 atom stereocenters. The predicted octanol–water partition coefficient (Wildman–Crippen LogP) is 3.79. The van der Waals surface area contributed by atoms with Crippen molar-refractivity contribution in [2.75, 3.05) is 14.2 Å². The fraction of sp³-hybridized carbons (Fsp3) is 0.294. The van der Waals surface area contributed by atoms with Gasteiger partial charge in [0.15, 0.2) is 0 Å². The Balaban J connectivity index is 2.34. The van der Waals surface area contributed by atoms with Gasteiger partial charge in [0.25, 0.3) is 0 Å². The highest BCUT2D eigenvalue weighted by Crippen LogP contribution is 2.29. The predicted molar refractivity (Wildman–Crippen MR) is 92.6 cm³/mol. The summed E-state index contributed by atoms with van der Waals surface area (Å²) in [5.41, 5.74) is 2.41. The zero-order valence-electron chi connectivity index (χ0n) is 13.6. The molecule has 0 saturated carbocycles. The van der Waals surface area contributed by atoms with E-state index in [-0.39, 0.29) is 6.54 Å². The summed E-state index contributed by atoms with van der Waals surface area (Å²) < 4.78 is 32.2. The Kier molecular flexibility index (Phi) is 5.34. The lowest BCUT2D eigenvalue weighted by Crippen LogP contribution is -2.27. The maximum atomic E-state index is 12.8. The summed E-state index contributed by atoms with van der Waals surface area (Å²) in [7, 11) is -0.436. The minimum Gasteiger partial charge on any atom is -0.496 e. The second-order valence-electron chi connectivity index (χ2n) is 5.40. The Morgan fingerprint density at radius 2 is 1.65 bits per heavy atom. The van der Waals surface area contributed by atoms with Crippen LogP contribution in [0.5, 0.6) is 5.75 Å². The van der Waals surface area contributed by atoms with Gasteiger partial charge in [0.1, 0.15) is 5.75 Å². The number of ether oxygens (including phenoxy) is 1. The minimum absolute atomic E-state index is 0.282. The molecule has 6 heteroatoms. The summed E-state index contributed by atoms with van der Waals surface area (Å²) in [4.78, 5) is 0.298. The molecule has 2 aromatic carbocycles. The molecule has 0 aromatic heterocycles. The Labute approximate surface area is 142 Å². The summed E-state index contributed by atoms with van der Waals surface area (Å²) in [5.74, 6) is 0.682. The van der Waals surface area contributed by atoms with Crippen molar-refractivity contribution >= 4 is 21.6 Å². The van der Waals surface area contributed by atoms with Gasteiger partial charge in [-0.1, -0.05) is 23.7 Å². The van der Waals surface area contributed by atoms with Crippen molar-refractivity contribution < 1.29 is 13.2 Å². The third kappa shape index (κ3) is 3.68. The fourth-order valence-corrected chi connectivity index (χ4v) is 3.93. The monoisotopic (exact) mass is 353 g/mol. The van der Waals surface area contributed by atoms with Crippen LogP contribution in [0.1, 0.15) is 16.7 Å². The van der Waals surface area contributed by atoms with Gasteiger partial charge in [-0.3, -0.25) is 0 Å². The van der Waals surface area contributed by atoms with Crippen LogP contribution in [0.3, 0.4) is 0 Å². The van der Waals surface area contributed by atoms with Crippen LogP contribution >= 0.6 is 11.6 Å². The molecule has 124 valence electrons. The molecule has 0 aliphatic carbocycles. The molecule has 0 radical (unpaired) electrons. The van der Waals surface area contributed by atoms with E-state index in [2.05, 4.69) is 0 Å². The summed E-state index contributed by atoms with van der Waals surface area (Å²) in [5, 5.41) is 0.626. The van der Waals surface area contributed by atoms with Crippen LogP contribution in [-0.2, 0) is 16.6 Å². The topological polar surface area (TPSA) is 46.6 Å². The van der Waals surface area contributed by atoms with Crippen molar-refractivity contribution in [3.63, 3.8) is 0 Å². The number of nitrogens with zero attached hydrogens (tertiary/aromatic N) is 1. The zero-order valence-corrected chi connectivity index (χ0v) is 15.2. The fourth-order valence-electron chi connectivity index (χ4n) is 2.37. The van der Waals surface area contributed by atoms with Gasteiger partial charge in [-0.2, -0.15) is 4.31 Å². The summed E-state index contributed by atoms with van der Waals surface area (Å²) >= 11 is 5.86. The van der Waals surface area contributed by atoms with E-state index in [1.807, 2.05) is 19.1 Å². The smallest absolute Gasteiger partial charge is 0.243 e. The standard InChI is InChI=1S/C17H20ClNO3S/c1-12-13(2)17(10-9-16(12)22-4)23(20,21)19(3)11-14-5-7-15(18)8-6-14/h5-10H,11H2,1-4H3. The molecule has 0 bridgehead atoms. The van der Waals surface area contributed by atoms with Crippen LogP contribution in [-0.4, -0.2) is 26.9 Å².